The van der Waals surface area contributed by atoms with Crippen LogP contribution in [0, 0.1) is 12.8 Å². The summed E-state index contributed by atoms with van der Waals surface area (Å²) in [5.41, 5.74) is 8.12. The molecule has 48 heavy (non-hydrogen) atoms. The van der Waals surface area contributed by atoms with Crippen molar-refractivity contribution in [3.05, 3.63) is 129 Å². The van der Waals surface area contributed by atoms with E-state index >= 15 is 0 Å². The van der Waals surface area contributed by atoms with Crippen molar-refractivity contribution in [1.82, 2.24) is 0 Å². The van der Waals surface area contributed by atoms with Gasteiger partial charge in [-0.1, -0.05) is 54.1 Å². The number of aryl methyl sites for hydroxylation is 1. The summed E-state index contributed by atoms with van der Waals surface area (Å²) in [5, 5.41) is 13.1. The largest absolute Gasteiger partial charge is 0.459 e. The highest BCUT2D eigenvalue weighted by Gasteiger charge is 2.40. The van der Waals surface area contributed by atoms with Gasteiger partial charge in [-0.15, -0.1) is 0 Å². The second-order valence-electron chi connectivity index (χ2n) is 12.3. The minimum absolute atomic E-state index is 0.0429. The molecule has 0 radical (unpaired) electrons. The number of carbonyl (C=O) groups excluding carboxylic acids is 3. The van der Waals surface area contributed by atoms with Crippen LogP contribution in [0.15, 0.2) is 90.7 Å². The topological polar surface area (TPSA) is 105 Å². The third-order valence-corrected chi connectivity index (χ3v) is 9.66. The number of aliphatic hydroxyl groups is 1. The summed E-state index contributed by atoms with van der Waals surface area (Å²) < 4.78 is 12.3. The Kier molecular flexibility index (Phi) is 8.64. The molecule has 0 unspecified atom stereocenters. The van der Waals surface area contributed by atoms with Crippen LogP contribution in [0.3, 0.4) is 0 Å². The van der Waals surface area contributed by atoms with Crippen molar-refractivity contribution in [1.29, 1.82) is 0 Å². The molecule has 8 nitrogen and oxygen atoms in total. The van der Waals surface area contributed by atoms with Gasteiger partial charge in [0.25, 0.3) is 17.7 Å². The Morgan fingerprint density at radius 1 is 0.979 bits per heavy atom. The van der Waals surface area contributed by atoms with Gasteiger partial charge < -0.3 is 19.9 Å². The fraction of sp³-hybridized carbons (Fsp3) is 0.256. The van der Waals surface area contributed by atoms with Crippen LogP contribution in [0.4, 0.5) is 11.4 Å². The Labute approximate surface area is 283 Å². The van der Waals surface area contributed by atoms with Crippen LogP contribution in [0.5, 0.6) is 0 Å². The number of hydrogen-bond donors (Lipinski definition) is 2. The first-order valence-electron chi connectivity index (χ1n) is 16.2. The second-order valence-corrected chi connectivity index (χ2v) is 12.8. The molecule has 9 heteroatoms. The standard InChI is InChI=1S/C39H35ClN2O6/c1-3-47-39-30(12-7-17-43)32(28-11-6-10-27-26-9-5-4-8-23(26)19-31(27)28)21-35(48-39)36(44)41-25-14-16-34(22(2)18-25)42-37(45)29-15-13-24(40)20-33(29)38(42)46/h4-6,8-11,13-16,18,20-21,30,32,39,43H,3,7,12,17,19H2,1-2H3,(H,41,44)/t30-,32+,39+/m1/s1. The lowest BCUT2D eigenvalue weighted by atomic mass is 9.78. The van der Waals surface area contributed by atoms with E-state index in [1.807, 2.05) is 13.0 Å². The molecule has 0 aromatic heterocycles. The molecular formula is C39H35ClN2O6. The van der Waals surface area contributed by atoms with Crippen LogP contribution in [0.1, 0.15) is 68.7 Å². The molecule has 0 saturated carbocycles. The summed E-state index contributed by atoms with van der Waals surface area (Å²) in [6.07, 6.45) is 3.22. The minimum atomic E-state index is -0.691. The number of hydrogen-bond acceptors (Lipinski definition) is 6. The summed E-state index contributed by atoms with van der Waals surface area (Å²) >= 11 is 6.08. The smallest absolute Gasteiger partial charge is 0.290 e. The van der Waals surface area contributed by atoms with Gasteiger partial charge in [0.05, 0.1) is 16.8 Å². The first-order chi connectivity index (χ1) is 23.3. The lowest BCUT2D eigenvalue weighted by Crippen LogP contribution is -2.37. The van der Waals surface area contributed by atoms with Crippen LogP contribution in [-0.2, 0) is 20.7 Å². The third kappa shape index (κ3) is 5.60. The van der Waals surface area contributed by atoms with E-state index in [9.17, 15) is 19.5 Å². The summed E-state index contributed by atoms with van der Waals surface area (Å²) in [5.74, 6) is -1.49. The summed E-state index contributed by atoms with van der Waals surface area (Å²) in [4.78, 5) is 41.3. The number of ether oxygens (including phenoxy) is 2. The average molecular weight is 663 g/mol. The first kappa shape index (κ1) is 31.8. The quantitative estimate of drug-likeness (QED) is 0.159. The van der Waals surface area contributed by atoms with Gasteiger partial charge in [-0.2, -0.15) is 0 Å². The summed E-state index contributed by atoms with van der Waals surface area (Å²) in [6.45, 7) is 4.11. The number of aliphatic hydroxyl groups excluding tert-OH is 1. The Hall–Kier alpha value is -4.76. The molecule has 7 rings (SSSR count). The molecule has 0 bridgehead atoms. The molecule has 4 aromatic carbocycles. The van der Waals surface area contributed by atoms with Gasteiger partial charge in [0.15, 0.2) is 5.76 Å². The number of amides is 3. The van der Waals surface area contributed by atoms with E-state index in [-0.39, 0.29) is 29.8 Å². The maximum absolute atomic E-state index is 13.8. The summed E-state index contributed by atoms with van der Waals surface area (Å²) in [6, 6.07) is 24.4. The van der Waals surface area contributed by atoms with Gasteiger partial charge in [0, 0.05) is 35.8 Å². The lowest BCUT2D eigenvalue weighted by Gasteiger charge is -2.37. The van der Waals surface area contributed by atoms with Gasteiger partial charge in [0.2, 0.25) is 6.29 Å². The Morgan fingerprint density at radius 2 is 1.77 bits per heavy atom. The molecule has 3 amide bonds. The molecule has 244 valence electrons. The zero-order valence-electron chi connectivity index (χ0n) is 26.7. The zero-order valence-corrected chi connectivity index (χ0v) is 27.4. The zero-order chi connectivity index (χ0) is 33.5. The summed E-state index contributed by atoms with van der Waals surface area (Å²) in [7, 11) is 0. The van der Waals surface area contributed by atoms with E-state index in [1.165, 1.54) is 28.3 Å². The molecule has 4 aromatic rings. The van der Waals surface area contributed by atoms with E-state index in [0.717, 1.165) is 16.9 Å². The fourth-order valence-corrected chi connectivity index (χ4v) is 7.40. The Balaban J connectivity index is 1.19. The maximum atomic E-state index is 13.8. The van der Waals surface area contributed by atoms with E-state index in [4.69, 9.17) is 21.1 Å². The number of benzene rings is 4. The number of carbonyl (C=O) groups is 3. The highest BCUT2D eigenvalue weighted by molar-refractivity contribution is 6.37. The highest BCUT2D eigenvalue weighted by Crippen LogP contribution is 2.46. The van der Waals surface area contributed by atoms with Crippen molar-refractivity contribution in [2.45, 2.75) is 45.3 Å². The molecule has 0 saturated heterocycles. The SMILES string of the molecule is CCO[C@H]1OC(C(=O)Nc2ccc(N3C(=O)c4ccc(Cl)cc4C3=O)c(C)c2)=C[C@@H](c2cccc3c2Cc2ccccc2-3)[C@H]1CCCO. The van der Waals surface area contributed by atoms with Crippen LogP contribution < -0.4 is 10.2 Å². The molecule has 2 aliphatic heterocycles. The van der Waals surface area contributed by atoms with Gasteiger partial charge in [-0.05, 0) is 109 Å². The molecule has 3 atom stereocenters. The van der Waals surface area contributed by atoms with Gasteiger partial charge >= 0.3 is 0 Å². The normalized spacial score (nSPS) is 19.4. The number of anilines is 2. The van der Waals surface area contributed by atoms with Gasteiger partial charge in [-0.25, -0.2) is 4.90 Å². The second kappa shape index (κ2) is 13.0. The number of allylic oxidation sites excluding steroid dienone is 1. The van der Waals surface area contributed by atoms with Crippen molar-refractivity contribution in [2.24, 2.45) is 5.92 Å². The number of rotatable bonds is 9. The number of nitrogens with zero attached hydrogens (tertiary/aromatic N) is 1. The third-order valence-electron chi connectivity index (χ3n) is 9.43. The van der Waals surface area contributed by atoms with Crippen LogP contribution >= 0.6 is 11.6 Å². The van der Waals surface area contributed by atoms with Crippen LogP contribution in [0.2, 0.25) is 5.02 Å². The number of nitrogens with one attached hydrogen (secondary N) is 1. The lowest BCUT2D eigenvalue weighted by molar-refractivity contribution is -0.165. The molecule has 1 aliphatic carbocycles. The number of imide groups is 1. The van der Waals surface area contributed by atoms with Crippen LogP contribution in [0.25, 0.3) is 11.1 Å². The Morgan fingerprint density at radius 3 is 2.56 bits per heavy atom. The molecule has 3 aliphatic rings. The van der Waals surface area contributed by atoms with E-state index in [0.29, 0.717) is 47.0 Å². The van der Waals surface area contributed by atoms with Gasteiger partial charge in [-0.3, -0.25) is 14.4 Å². The monoisotopic (exact) mass is 662 g/mol. The van der Waals surface area contributed by atoms with E-state index in [1.54, 1.807) is 37.3 Å². The van der Waals surface area contributed by atoms with Gasteiger partial charge in [0.1, 0.15) is 0 Å². The van der Waals surface area contributed by atoms with Crippen molar-refractivity contribution >= 4 is 40.7 Å². The van der Waals surface area contributed by atoms with E-state index in [2.05, 4.69) is 47.8 Å². The van der Waals surface area contributed by atoms with Crippen molar-refractivity contribution in [2.75, 3.05) is 23.4 Å². The molecule has 2 heterocycles. The average Bonchev–Trinajstić information content (AvgIpc) is 3.58. The molecule has 0 fully saturated rings. The molecular weight excluding hydrogens is 628 g/mol. The Bertz CT molecular complexity index is 1990. The number of fused-ring (bicyclic) bond motifs is 4. The predicted molar refractivity (Wildman–Crippen MR) is 184 cm³/mol. The van der Waals surface area contributed by atoms with Crippen molar-refractivity contribution in [3.8, 4) is 11.1 Å². The van der Waals surface area contributed by atoms with Crippen molar-refractivity contribution in [3.63, 3.8) is 0 Å². The highest BCUT2D eigenvalue weighted by atomic mass is 35.5. The predicted octanol–water partition coefficient (Wildman–Crippen LogP) is 7.41. The minimum Gasteiger partial charge on any atom is -0.459 e. The molecule has 2 N–H and O–H groups in total. The fourth-order valence-electron chi connectivity index (χ4n) is 7.22. The van der Waals surface area contributed by atoms with Crippen LogP contribution in [-0.4, -0.2) is 42.3 Å². The number of halogens is 1. The van der Waals surface area contributed by atoms with E-state index < -0.39 is 24.0 Å². The maximum Gasteiger partial charge on any atom is 0.290 e. The van der Waals surface area contributed by atoms with Crippen molar-refractivity contribution < 1.29 is 29.0 Å². The first-order valence-corrected chi connectivity index (χ1v) is 16.6. The molecule has 0 spiro atoms.